The van der Waals surface area contributed by atoms with Crippen molar-refractivity contribution in [2.24, 2.45) is 0 Å². The Labute approximate surface area is 119 Å². The number of aryl methyl sites for hydroxylation is 1. The van der Waals surface area contributed by atoms with Gasteiger partial charge in [-0.2, -0.15) is 5.10 Å². The first kappa shape index (κ1) is 15.0. The average Bonchev–Trinajstić information content (AvgIpc) is 2.83. The maximum absolute atomic E-state index is 12.2. The van der Waals surface area contributed by atoms with Crippen LogP contribution >= 0.6 is 0 Å². The maximum atomic E-state index is 12.2. The molecule has 0 saturated carbocycles. The number of nitrogens with zero attached hydrogens (tertiary/aromatic N) is 3. The van der Waals surface area contributed by atoms with Gasteiger partial charge in [0.15, 0.2) is 0 Å². The standard InChI is InChI=1S/C12H20N4O3S/c1-3-6-16-9-11(7-13-16)20(18,19)14-10-4-5-12(17)15(2)8-10/h7,9-10,14H,3-6,8H2,1-2H3. The van der Waals surface area contributed by atoms with Crippen LogP contribution in [-0.2, 0) is 21.4 Å². The molecule has 1 saturated heterocycles. The number of carbonyl (C=O) groups excluding carboxylic acids is 1. The molecule has 1 aromatic heterocycles. The molecule has 1 unspecified atom stereocenters. The van der Waals surface area contributed by atoms with Gasteiger partial charge in [-0.05, 0) is 12.8 Å². The third-order valence-corrected chi connectivity index (χ3v) is 4.80. The molecule has 0 aromatic carbocycles. The molecule has 2 heterocycles. The van der Waals surface area contributed by atoms with E-state index in [0.717, 1.165) is 6.42 Å². The van der Waals surface area contributed by atoms with Gasteiger partial charge in [-0.3, -0.25) is 9.48 Å². The molecule has 0 bridgehead atoms. The van der Waals surface area contributed by atoms with Crippen molar-refractivity contribution in [1.82, 2.24) is 19.4 Å². The molecule has 1 N–H and O–H groups in total. The number of likely N-dealkylation sites (tertiary alicyclic amines) is 1. The van der Waals surface area contributed by atoms with Crippen LogP contribution in [0.15, 0.2) is 17.3 Å². The van der Waals surface area contributed by atoms with Crippen LogP contribution in [-0.4, -0.2) is 48.6 Å². The number of aromatic nitrogens is 2. The van der Waals surface area contributed by atoms with Crippen LogP contribution in [0, 0.1) is 0 Å². The fraction of sp³-hybridized carbons (Fsp3) is 0.667. The first-order chi connectivity index (χ1) is 9.42. The van der Waals surface area contributed by atoms with E-state index >= 15 is 0 Å². The van der Waals surface area contributed by atoms with Crippen LogP contribution in [0.2, 0.25) is 0 Å². The molecule has 1 atom stereocenters. The third-order valence-electron chi connectivity index (χ3n) is 3.32. The lowest BCUT2D eigenvalue weighted by Gasteiger charge is -2.29. The summed E-state index contributed by atoms with van der Waals surface area (Å²) in [7, 11) is -1.89. The van der Waals surface area contributed by atoms with Crippen molar-refractivity contribution in [3.63, 3.8) is 0 Å². The lowest BCUT2D eigenvalue weighted by Crippen LogP contribution is -2.48. The highest BCUT2D eigenvalue weighted by Crippen LogP contribution is 2.14. The van der Waals surface area contributed by atoms with Gasteiger partial charge >= 0.3 is 0 Å². The lowest BCUT2D eigenvalue weighted by atomic mass is 10.1. The van der Waals surface area contributed by atoms with Crippen LogP contribution in [0.3, 0.4) is 0 Å². The minimum absolute atomic E-state index is 0.0520. The van der Waals surface area contributed by atoms with Crippen LogP contribution in [0.5, 0.6) is 0 Å². The normalized spacial score (nSPS) is 20.4. The fourth-order valence-electron chi connectivity index (χ4n) is 2.23. The van der Waals surface area contributed by atoms with Crippen LogP contribution < -0.4 is 4.72 Å². The monoisotopic (exact) mass is 300 g/mol. The summed E-state index contributed by atoms with van der Waals surface area (Å²) in [6.07, 6.45) is 4.69. The van der Waals surface area contributed by atoms with E-state index in [1.165, 1.54) is 12.4 Å². The predicted octanol–water partition coefficient (Wildman–Crippen LogP) is 0.192. The Morgan fingerprint density at radius 1 is 1.50 bits per heavy atom. The Morgan fingerprint density at radius 2 is 2.25 bits per heavy atom. The Balaban J connectivity index is 2.05. The van der Waals surface area contributed by atoms with Crippen molar-refractivity contribution in [1.29, 1.82) is 0 Å². The fourth-order valence-corrected chi connectivity index (χ4v) is 3.44. The number of hydrogen-bond donors (Lipinski definition) is 1. The molecule has 0 spiro atoms. The van der Waals surface area contributed by atoms with Crippen molar-refractivity contribution >= 4 is 15.9 Å². The van der Waals surface area contributed by atoms with E-state index in [2.05, 4.69) is 9.82 Å². The van der Waals surface area contributed by atoms with Crippen molar-refractivity contribution < 1.29 is 13.2 Å². The lowest BCUT2D eigenvalue weighted by molar-refractivity contribution is -0.132. The van der Waals surface area contributed by atoms with E-state index in [9.17, 15) is 13.2 Å². The van der Waals surface area contributed by atoms with Crippen LogP contribution in [0.4, 0.5) is 0 Å². The number of piperidine rings is 1. The van der Waals surface area contributed by atoms with Gasteiger partial charge in [0.25, 0.3) is 0 Å². The van der Waals surface area contributed by atoms with Crippen molar-refractivity contribution in [3.8, 4) is 0 Å². The molecule has 8 heteroatoms. The first-order valence-corrected chi connectivity index (χ1v) is 8.19. The molecule has 1 aliphatic rings. The summed E-state index contributed by atoms with van der Waals surface area (Å²) in [6.45, 7) is 3.10. The highest BCUT2D eigenvalue weighted by atomic mass is 32.2. The average molecular weight is 300 g/mol. The van der Waals surface area contributed by atoms with E-state index in [1.54, 1.807) is 16.6 Å². The quantitative estimate of drug-likeness (QED) is 0.841. The summed E-state index contributed by atoms with van der Waals surface area (Å²) in [5.41, 5.74) is 0. The molecule has 1 aromatic rings. The molecule has 112 valence electrons. The second-order valence-electron chi connectivity index (χ2n) is 5.07. The largest absolute Gasteiger partial charge is 0.344 e. The van der Waals surface area contributed by atoms with E-state index in [1.807, 2.05) is 6.92 Å². The zero-order valence-electron chi connectivity index (χ0n) is 11.7. The van der Waals surface area contributed by atoms with E-state index in [-0.39, 0.29) is 16.8 Å². The summed E-state index contributed by atoms with van der Waals surface area (Å²) in [5, 5.41) is 4.03. The number of amides is 1. The number of sulfonamides is 1. The molecule has 1 fully saturated rings. The van der Waals surface area contributed by atoms with Gasteiger partial charge in [-0.15, -0.1) is 0 Å². The summed E-state index contributed by atoms with van der Waals surface area (Å²) in [6, 6.07) is -0.239. The molecule has 1 amide bonds. The van der Waals surface area contributed by atoms with E-state index < -0.39 is 10.0 Å². The zero-order chi connectivity index (χ0) is 14.8. The third kappa shape index (κ3) is 3.37. The van der Waals surface area contributed by atoms with Crippen molar-refractivity contribution in [2.75, 3.05) is 13.6 Å². The second kappa shape index (κ2) is 5.92. The molecular weight excluding hydrogens is 280 g/mol. The molecule has 1 aliphatic heterocycles. The predicted molar refractivity (Wildman–Crippen MR) is 73.5 cm³/mol. The molecule has 0 aliphatic carbocycles. The highest BCUT2D eigenvalue weighted by Gasteiger charge is 2.27. The Bertz CT molecular complexity index is 581. The molecule has 7 nitrogen and oxygen atoms in total. The van der Waals surface area contributed by atoms with Gasteiger partial charge in [-0.1, -0.05) is 6.92 Å². The van der Waals surface area contributed by atoms with E-state index in [4.69, 9.17) is 0 Å². The molecule has 20 heavy (non-hydrogen) atoms. The topological polar surface area (TPSA) is 84.3 Å². The van der Waals surface area contributed by atoms with Crippen molar-refractivity contribution in [2.45, 2.75) is 43.7 Å². The summed E-state index contributed by atoms with van der Waals surface area (Å²) < 4.78 is 28.7. The van der Waals surface area contributed by atoms with E-state index in [0.29, 0.717) is 25.9 Å². The Hall–Kier alpha value is -1.41. The maximum Gasteiger partial charge on any atom is 0.244 e. The van der Waals surface area contributed by atoms with Gasteiger partial charge in [0.05, 0.1) is 6.20 Å². The summed E-state index contributed by atoms with van der Waals surface area (Å²) in [5.74, 6) is 0.0520. The van der Waals surface area contributed by atoms with Crippen LogP contribution in [0.1, 0.15) is 26.2 Å². The summed E-state index contributed by atoms with van der Waals surface area (Å²) >= 11 is 0. The minimum Gasteiger partial charge on any atom is -0.344 e. The highest BCUT2D eigenvalue weighted by molar-refractivity contribution is 7.89. The van der Waals surface area contributed by atoms with Gasteiger partial charge in [0.2, 0.25) is 15.9 Å². The SMILES string of the molecule is CCCn1cc(S(=O)(=O)NC2CCC(=O)N(C)C2)cn1. The zero-order valence-corrected chi connectivity index (χ0v) is 12.6. The van der Waals surface area contributed by atoms with Gasteiger partial charge < -0.3 is 4.90 Å². The number of rotatable bonds is 5. The Morgan fingerprint density at radius 3 is 2.90 bits per heavy atom. The van der Waals surface area contributed by atoms with Gasteiger partial charge in [0, 0.05) is 38.8 Å². The van der Waals surface area contributed by atoms with Gasteiger partial charge in [0.1, 0.15) is 4.90 Å². The number of carbonyl (C=O) groups is 1. The second-order valence-corrected chi connectivity index (χ2v) is 6.78. The molecule has 2 rings (SSSR count). The van der Waals surface area contributed by atoms with Crippen LogP contribution in [0.25, 0.3) is 0 Å². The molecule has 0 radical (unpaired) electrons. The number of hydrogen-bond acceptors (Lipinski definition) is 4. The molecular formula is C12H20N4O3S. The number of nitrogens with one attached hydrogen (secondary N) is 1. The summed E-state index contributed by atoms with van der Waals surface area (Å²) in [4.78, 5) is 13.1. The Kier molecular flexibility index (Phi) is 4.44. The van der Waals surface area contributed by atoms with Gasteiger partial charge in [-0.25, -0.2) is 13.1 Å². The first-order valence-electron chi connectivity index (χ1n) is 6.71. The smallest absolute Gasteiger partial charge is 0.244 e. The number of likely N-dealkylation sites (N-methyl/N-ethyl adjacent to an activating group) is 1. The minimum atomic E-state index is -3.57. The van der Waals surface area contributed by atoms with Crippen molar-refractivity contribution in [3.05, 3.63) is 12.4 Å².